The van der Waals surface area contributed by atoms with Crippen molar-refractivity contribution in [1.82, 2.24) is 19.9 Å². The van der Waals surface area contributed by atoms with Crippen molar-refractivity contribution >= 4 is 34.1 Å². The second kappa shape index (κ2) is 5.68. The second-order valence-corrected chi connectivity index (χ2v) is 6.93. The Kier molecular flexibility index (Phi) is 3.68. The lowest BCUT2D eigenvalue weighted by molar-refractivity contribution is 0.605. The summed E-state index contributed by atoms with van der Waals surface area (Å²) in [6.45, 7) is 5.14. The van der Waals surface area contributed by atoms with Crippen molar-refractivity contribution < 1.29 is 0 Å². The van der Waals surface area contributed by atoms with Crippen molar-refractivity contribution in [2.75, 3.05) is 12.8 Å². The Morgan fingerprint density at radius 3 is 3.09 bits per heavy atom. The molecule has 4 rings (SSSR count). The van der Waals surface area contributed by atoms with Gasteiger partial charge in [0, 0.05) is 48.1 Å². The fourth-order valence-electron chi connectivity index (χ4n) is 3.33. The van der Waals surface area contributed by atoms with E-state index in [2.05, 4.69) is 39.5 Å². The largest absolute Gasteiger partial charge is 0.329 e. The lowest BCUT2D eigenvalue weighted by atomic mass is 10.0. The van der Waals surface area contributed by atoms with E-state index in [9.17, 15) is 0 Å². The molecule has 6 heteroatoms. The zero-order valence-electron chi connectivity index (χ0n) is 12.7. The van der Waals surface area contributed by atoms with E-state index in [0.717, 1.165) is 42.4 Å². The zero-order valence-corrected chi connectivity index (χ0v) is 14.4. The normalized spacial score (nSPS) is 14.5. The molecule has 3 aromatic rings. The SMILES string of the molecule is CCn1c2c(c3c(-c4cscn4)cc(SC)nc31)CNCC2. The first-order valence-corrected chi connectivity index (χ1v) is 9.68. The summed E-state index contributed by atoms with van der Waals surface area (Å²) >= 11 is 3.34. The van der Waals surface area contributed by atoms with E-state index in [1.807, 2.05) is 5.51 Å². The van der Waals surface area contributed by atoms with Crippen LogP contribution < -0.4 is 5.32 Å². The molecular weight excluding hydrogens is 312 g/mol. The summed E-state index contributed by atoms with van der Waals surface area (Å²) in [6, 6.07) is 2.19. The van der Waals surface area contributed by atoms with Gasteiger partial charge in [0.2, 0.25) is 0 Å². The minimum atomic E-state index is 0.927. The van der Waals surface area contributed by atoms with Crippen LogP contribution in [0.5, 0.6) is 0 Å². The Bertz CT molecular complexity index is 821. The second-order valence-electron chi connectivity index (χ2n) is 5.38. The summed E-state index contributed by atoms with van der Waals surface area (Å²) in [5.41, 5.74) is 8.16. The average Bonchev–Trinajstić information content (AvgIpc) is 3.19. The molecule has 0 spiro atoms. The third-order valence-electron chi connectivity index (χ3n) is 4.28. The Hall–Kier alpha value is -1.37. The molecular formula is C16H18N4S2. The molecule has 0 radical (unpaired) electrons. The predicted octanol–water partition coefficient (Wildman–Crippen LogP) is 3.55. The summed E-state index contributed by atoms with van der Waals surface area (Å²) < 4.78 is 2.39. The minimum absolute atomic E-state index is 0.927. The number of aryl methyl sites for hydroxylation is 1. The van der Waals surface area contributed by atoms with Gasteiger partial charge in [0.15, 0.2) is 0 Å². The van der Waals surface area contributed by atoms with Crippen LogP contribution in [0.1, 0.15) is 18.2 Å². The summed E-state index contributed by atoms with van der Waals surface area (Å²) in [6.07, 6.45) is 3.16. The predicted molar refractivity (Wildman–Crippen MR) is 93.7 cm³/mol. The van der Waals surface area contributed by atoms with E-state index in [0.29, 0.717) is 0 Å². The number of nitrogens with zero attached hydrogens (tertiary/aromatic N) is 3. The van der Waals surface area contributed by atoms with Gasteiger partial charge in [-0.1, -0.05) is 0 Å². The highest BCUT2D eigenvalue weighted by Gasteiger charge is 2.23. The highest BCUT2D eigenvalue weighted by atomic mass is 32.2. The summed E-state index contributed by atoms with van der Waals surface area (Å²) in [5.74, 6) is 0. The molecule has 22 heavy (non-hydrogen) atoms. The third-order valence-corrected chi connectivity index (χ3v) is 5.50. The first kappa shape index (κ1) is 14.2. The van der Waals surface area contributed by atoms with Crippen LogP contribution in [-0.2, 0) is 19.5 Å². The maximum atomic E-state index is 4.91. The van der Waals surface area contributed by atoms with Crippen LogP contribution in [0.15, 0.2) is 22.0 Å². The van der Waals surface area contributed by atoms with Crippen LogP contribution in [0, 0.1) is 0 Å². The molecule has 0 saturated carbocycles. The van der Waals surface area contributed by atoms with E-state index < -0.39 is 0 Å². The van der Waals surface area contributed by atoms with Crippen molar-refractivity contribution in [2.24, 2.45) is 0 Å². The molecule has 3 aromatic heterocycles. The molecule has 4 nitrogen and oxygen atoms in total. The number of thiazole rings is 1. The molecule has 1 aliphatic rings. The maximum Gasteiger partial charge on any atom is 0.142 e. The Morgan fingerprint density at radius 2 is 2.36 bits per heavy atom. The van der Waals surface area contributed by atoms with Crippen molar-refractivity contribution in [1.29, 1.82) is 0 Å². The molecule has 0 aliphatic carbocycles. The van der Waals surface area contributed by atoms with Crippen molar-refractivity contribution in [3.63, 3.8) is 0 Å². The minimum Gasteiger partial charge on any atom is -0.329 e. The van der Waals surface area contributed by atoms with Crippen LogP contribution in [0.4, 0.5) is 0 Å². The third kappa shape index (κ3) is 2.09. The lowest BCUT2D eigenvalue weighted by Crippen LogP contribution is -2.24. The van der Waals surface area contributed by atoms with Gasteiger partial charge >= 0.3 is 0 Å². The van der Waals surface area contributed by atoms with Gasteiger partial charge in [-0.2, -0.15) is 0 Å². The molecule has 0 unspecified atom stereocenters. The number of nitrogens with one attached hydrogen (secondary N) is 1. The number of rotatable bonds is 3. The molecule has 0 saturated heterocycles. The van der Waals surface area contributed by atoms with E-state index in [-0.39, 0.29) is 0 Å². The zero-order chi connectivity index (χ0) is 15.1. The molecule has 0 aromatic carbocycles. The smallest absolute Gasteiger partial charge is 0.142 e. The molecule has 0 atom stereocenters. The topological polar surface area (TPSA) is 42.7 Å². The molecule has 1 N–H and O–H groups in total. The molecule has 0 amide bonds. The fraction of sp³-hybridized carbons (Fsp3) is 0.375. The number of aromatic nitrogens is 3. The monoisotopic (exact) mass is 330 g/mol. The lowest BCUT2D eigenvalue weighted by Gasteiger charge is -2.15. The number of hydrogen-bond acceptors (Lipinski definition) is 5. The standard InChI is InChI=1S/C16H18N4S2/c1-3-20-13-4-5-17-7-11(13)15-10(12-8-22-9-18-12)6-14(21-2)19-16(15)20/h6,8-9,17H,3-5,7H2,1-2H3. The average molecular weight is 330 g/mol. The molecule has 114 valence electrons. The van der Waals surface area contributed by atoms with Gasteiger partial charge < -0.3 is 9.88 Å². The number of thioether (sulfide) groups is 1. The quantitative estimate of drug-likeness (QED) is 0.746. The number of hydrogen-bond donors (Lipinski definition) is 1. The maximum absolute atomic E-state index is 4.91. The van der Waals surface area contributed by atoms with Gasteiger partial charge in [-0.05, 0) is 24.8 Å². The fourth-order valence-corrected chi connectivity index (χ4v) is 4.29. The van der Waals surface area contributed by atoms with Gasteiger partial charge in [0.25, 0.3) is 0 Å². The number of pyridine rings is 1. The summed E-state index contributed by atoms with van der Waals surface area (Å²) in [5, 5.41) is 7.99. The van der Waals surface area contributed by atoms with Crippen LogP contribution in [0.25, 0.3) is 22.3 Å². The van der Waals surface area contributed by atoms with E-state index in [1.54, 1.807) is 23.1 Å². The Labute approximate surface area is 138 Å². The summed E-state index contributed by atoms with van der Waals surface area (Å²) in [7, 11) is 0. The van der Waals surface area contributed by atoms with Gasteiger partial charge in [0.05, 0.1) is 16.2 Å². The number of fused-ring (bicyclic) bond motifs is 3. The highest BCUT2D eigenvalue weighted by molar-refractivity contribution is 7.98. The van der Waals surface area contributed by atoms with Gasteiger partial charge in [-0.3, -0.25) is 0 Å². The van der Waals surface area contributed by atoms with Gasteiger partial charge in [0.1, 0.15) is 5.65 Å². The van der Waals surface area contributed by atoms with Crippen LogP contribution in [0.2, 0.25) is 0 Å². The van der Waals surface area contributed by atoms with Crippen molar-refractivity contribution in [3.05, 3.63) is 28.2 Å². The molecule has 4 heterocycles. The van der Waals surface area contributed by atoms with Crippen LogP contribution in [0.3, 0.4) is 0 Å². The van der Waals surface area contributed by atoms with Gasteiger partial charge in [-0.25, -0.2) is 9.97 Å². The van der Waals surface area contributed by atoms with Crippen LogP contribution >= 0.6 is 23.1 Å². The first-order chi connectivity index (χ1) is 10.8. The van der Waals surface area contributed by atoms with Gasteiger partial charge in [-0.15, -0.1) is 23.1 Å². The van der Waals surface area contributed by atoms with E-state index in [1.165, 1.54) is 22.2 Å². The molecule has 0 bridgehead atoms. The van der Waals surface area contributed by atoms with Crippen LogP contribution in [-0.4, -0.2) is 27.3 Å². The van der Waals surface area contributed by atoms with E-state index >= 15 is 0 Å². The van der Waals surface area contributed by atoms with Crippen molar-refractivity contribution in [3.8, 4) is 11.3 Å². The van der Waals surface area contributed by atoms with Crippen molar-refractivity contribution in [2.45, 2.75) is 31.5 Å². The van der Waals surface area contributed by atoms with E-state index in [4.69, 9.17) is 4.98 Å². The molecule has 0 fully saturated rings. The Morgan fingerprint density at radius 1 is 1.45 bits per heavy atom. The Balaban J connectivity index is 2.11. The summed E-state index contributed by atoms with van der Waals surface area (Å²) in [4.78, 5) is 9.46. The molecule has 1 aliphatic heterocycles. The first-order valence-electron chi connectivity index (χ1n) is 7.51. The highest BCUT2D eigenvalue weighted by Crippen LogP contribution is 2.37.